The van der Waals surface area contributed by atoms with Crippen molar-refractivity contribution in [3.63, 3.8) is 0 Å². The van der Waals surface area contributed by atoms with Crippen LogP contribution in [0.3, 0.4) is 0 Å². The first-order valence-corrected chi connectivity index (χ1v) is 6.79. The summed E-state index contributed by atoms with van der Waals surface area (Å²) in [5.74, 6) is -0.124. The van der Waals surface area contributed by atoms with Gasteiger partial charge in [-0.2, -0.15) is 0 Å². The number of aromatic nitrogens is 2. The second-order valence-electron chi connectivity index (χ2n) is 4.46. The topological polar surface area (TPSA) is 66.3 Å². The molecule has 5 nitrogen and oxygen atoms in total. The van der Waals surface area contributed by atoms with Gasteiger partial charge in [-0.25, -0.2) is 9.97 Å². The third-order valence-corrected chi connectivity index (χ3v) is 4.19. The number of carboxylic acids is 1. The van der Waals surface area contributed by atoms with Crippen molar-refractivity contribution in [1.29, 1.82) is 0 Å². The molecule has 2 aromatic rings. The van der Waals surface area contributed by atoms with Gasteiger partial charge in [0.2, 0.25) is 0 Å². The van der Waals surface area contributed by atoms with Crippen LogP contribution < -0.4 is 4.90 Å². The highest BCUT2D eigenvalue weighted by molar-refractivity contribution is 7.17. The molecule has 0 aromatic carbocycles. The van der Waals surface area contributed by atoms with Crippen molar-refractivity contribution in [3.8, 4) is 0 Å². The van der Waals surface area contributed by atoms with E-state index in [4.69, 9.17) is 5.11 Å². The predicted molar refractivity (Wildman–Crippen MR) is 70.0 cm³/mol. The molecule has 1 saturated heterocycles. The average molecular weight is 263 g/mol. The molecule has 0 amide bonds. The minimum Gasteiger partial charge on any atom is -0.481 e. The second kappa shape index (κ2) is 4.53. The summed E-state index contributed by atoms with van der Waals surface area (Å²) in [6.45, 7) is 1.41. The van der Waals surface area contributed by atoms with E-state index in [0.29, 0.717) is 6.54 Å². The molecule has 3 rings (SSSR count). The molecule has 1 atom stereocenters. The summed E-state index contributed by atoms with van der Waals surface area (Å²) in [7, 11) is 0. The number of rotatable bonds is 2. The van der Waals surface area contributed by atoms with Gasteiger partial charge < -0.3 is 10.0 Å². The summed E-state index contributed by atoms with van der Waals surface area (Å²) >= 11 is 1.60. The highest BCUT2D eigenvalue weighted by Gasteiger charge is 2.27. The standard InChI is InChI=1S/C12H13N3O2S/c16-12(17)8-2-1-4-15(6-8)11-10-9(3-5-18-10)13-7-14-11/h3,5,7-8H,1-2,4,6H2,(H,16,17). The molecular weight excluding hydrogens is 250 g/mol. The molecule has 3 heterocycles. The maximum atomic E-state index is 11.1. The first-order valence-electron chi connectivity index (χ1n) is 5.91. The Balaban J connectivity index is 1.94. The number of anilines is 1. The number of thiophene rings is 1. The fourth-order valence-electron chi connectivity index (χ4n) is 2.37. The molecule has 1 fully saturated rings. The molecule has 0 aliphatic carbocycles. The van der Waals surface area contributed by atoms with Crippen molar-refractivity contribution < 1.29 is 9.90 Å². The van der Waals surface area contributed by atoms with Gasteiger partial charge in [-0.1, -0.05) is 0 Å². The van der Waals surface area contributed by atoms with Crippen molar-refractivity contribution in [2.45, 2.75) is 12.8 Å². The number of fused-ring (bicyclic) bond motifs is 1. The van der Waals surface area contributed by atoms with Crippen molar-refractivity contribution in [3.05, 3.63) is 17.8 Å². The van der Waals surface area contributed by atoms with Gasteiger partial charge in [0.05, 0.1) is 16.1 Å². The Morgan fingerprint density at radius 1 is 1.50 bits per heavy atom. The maximum absolute atomic E-state index is 11.1. The lowest BCUT2D eigenvalue weighted by Gasteiger charge is -2.31. The van der Waals surface area contributed by atoms with Crippen molar-refractivity contribution in [1.82, 2.24) is 9.97 Å². The zero-order valence-corrected chi connectivity index (χ0v) is 10.6. The number of piperidine rings is 1. The van der Waals surface area contributed by atoms with E-state index in [2.05, 4.69) is 14.9 Å². The average Bonchev–Trinajstić information content (AvgIpc) is 2.87. The molecule has 18 heavy (non-hydrogen) atoms. The smallest absolute Gasteiger partial charge is 0.308 e. The minimum absolute atomic E-state index is 0.288. The molecule has 0 spiro atoms. The van der Waals surface area contributed by atoms with E-state index in [-0.39, 0.29) is 5.92 Å². The van der Waals surface area contributed by atoms with Gasteiger partial charge in [-0.15, -0.1) is 11.3 Å². The SMILES string of the molecule is O=C(O)C1CCCN(c2ncnc3ccsc23)C1. The Morgan fingerprint density at radius 3 is 3.22 bits per heavy atom. The Labute approximate surface area is 108 Å². The number of nitrogens with zero attached hydrogens (tertiary/aromatic N) is 3. The number of hydrogen-bond acceptors (Lipinski definition) is 5. The molecule has 6 heteroatoms. The summed E-state index contributed by atoms with van der Waals surface area (Å²) in [6, 6.07) is 1.96. The first-order chi connectivity index (χ1) is 8.75. The van der Waals surface area contributed by atoms with Crippen LogP contribution in [-0.4, -0.2) is 34.1 Å². The van der Waals surface area contributed by atoms with Gasteiger partial charge in [0.25, 0.3) is 0 Å². The molecule has 94 valence electrons. The zero-order chi connectivity index (χ0) is 12.5. The summed E-state index contributed by atoms with van der Waals surface area (Å²) in [4.78, 5) is 21.7. The zero-order valence-electron chi connectivity index (χ0n) is 9.74. The van der Waals surface area contributed by atoms with E-state index in [1.165, 1.54) is 0 Å². The molecule has 1 unspecified atom stereocenters. The summed E-state index contributed by atoms with van der Waals surface area (Å²) in [5.41, 5.74) is 0.933. The Bertz CT molecular complexity index is 583. The summed E-state index contributed by atoms with van der Waals surface area (Å²) < 4.78 is 1.04. The fourth-order valence-corrected chi connectivity index (χ4v) is 3.23. The molecule has 1 aliphatic rings. The van der Waals surface area contributed by atoms with Crippen LogP contribution in [-0.2, 0) is 4.79 Å². The van der Waals surface area contributed by atoms with E-state index in [1.54, 1.807) is 17.7 Å². The van der Waals surface area contributed by atoms with Crippen LogP contribution in [0.4, 0.5) is 5.82 Å². The van der Waals surface area contributed by atoms with Crippen LogP contribution in [0.5, 0.6) is 0 Å². The molecule has 1 aliphatic heterocycles. The lowest BCUT2D eigenvalue weighted by atomic mass is 9.98. The number of aliphatic carboxylic acids is 1. The van der Waals surface area contributed by atoms with Gasteiger partial charge in [0, 0.05) is 13.1 Å². The van der Waals surface area contributed by atoms with E-state index in [1.807, 2.05) is 11.4 Å². The molecule has 0 bridgehead atoms. The van der Waals surface area contributed by atoms with E-state index in [0.717, 1.165) is 35.4 Å². The van der Waals surface area contributed by atoms with E-state index in [9.17, 15) is 4.79 Å². The van der Waals surface area contributed by atoms with Crippen LogP contribution in [0.1, 0.15) is 12.8 Å². The highest BCUT2D eigenvalue weighted by Crippen LogP contribution is 2.30. The Kier molecular flexibility index (Phi) is 2.87. The number of carboxylic acid groups (broad SMARTS) is 1. The number of carbonyl (C=O) groups is 1. The second-order valence-corrected chi connectivity index (χ2v) is 5.37. The van der Waals surface area contributed by atoms with Crippen LogP contribution >= 0.6 is 11.3 Å². The lowest BCUT2D eigenvalue weighted by Crippen LogP contribution is -2.39. The molecular formula is C12H13N3O2S. The highest BCUT2D eigenvalue weighted by atomic mass is 32.1. The fraction of sp³-hybridized carbons (Fsp3) is 0.417. The largest absolute Gasteiger partial charge is 0.481 e. The molecule has 0 radical (unpaired) electrons. The van der Waals surface area contributed by atoms with Crippen molar-refractivity contribution in [2.24, 2.45) is 5.92 Å². The van der Waals surface area contributed by atoms with Gasteiger partial charge in [0.15, 0.2) is 0 Å². The predicted octanol–water partition coefficient (Wildman–Crippen LogP) is 1.99. The van der Waals surface area contributed by atoms with Gasteiger partial charge in [-0.3, -0.25) is 4.79 Å². The van der Waals surface area contributed by atoms with Gasteiger partial charge in [0.1, 0.15) is 12.1 Å². The third kappa shape index (κ3) is 1.92. The molecule has 0 saturated carbocycles. The Hall–Kier alpha value is -1.69. The van der Waals surface area contributed by atoms with Crippen LogP contribution in [0.25, 0.3) is 10.2 Å². The lowest BCUT2D eigenvalue weighted by molar-refractivity contribution is -0.141. The maximum Gasteiger partial charge on any atom is 0.308 e. The third-order valence-electron chi connectivity index (χ3n) is 3.29. The minimum atomic E-state index is -0.712. The van der Waals surface area contributed by atoms with Crippen LogP contribution in [0, 0.1) is 5.92 Å². The van der Waals surface area contributed by atoms with Gasteiger partial charge in [-0.05, 0) is 24.3 Å². The van der Waals surface area contributed by atoms with Crippen molar-refractivity contribution >= 4 is 33.3 Å². The summed E-state index contributed by atoms with van der Waals surface area (Å²) in [6.07, 6.45) is 3.20. The molecule has 2 aromatic heterocycles. The van der Waals surface area contributed by atoms with Gasteiger partial charge >= 0.3 is 5.97 Å². The van der Waals surface area contributed by atoms with Crippen LogP contribution in [0.15, 0.2) is 17.8 Å². The van der Waals surface area contributed by atoms with Crippen molar-refractivity contribution in [2.75, 3.05) is 18.0 Å². The quantitative estimate of drug-likeness (QED) is 0.897. The van der Waals surface area contributed by atoms with E-state index < -0.39 is 5.97 Å². The van der Waals surface area contributed by atoms with Crippen LogP contribution in [0.2, 0.25) is 0 Å². The van der Waals surface area contributed by atoms with E-state index >= 15 is 0 Å². The monoisotopic (exact) mass is 263 g/mol. The normalized spacial score (nSPS) is 20.2. The molecule has 1 N–H and O–H groups in total. The first kappa shape index (κ1) is 11.4. The summed E-state index contributed by atoms with van der Waals surface area (Å²) in [5, 5.41) is 11.1. The number of hydrogen-bond donors (Lipinski definition) is 1. The Morgan fingerprint density at radius 2 is 2.39 bits per heavy atom.